The van der Waals surface area contributed by atoms with Crippen molar-refractivity contribution in [3.63, 3.8) is 0 Å². The SMILES string of the molecule is C.O=S(=O)(O)OCC1CO1. The van der Waals surface area contributed by atoms with Crippen molar-refractivity contribution in [1.82, 2.24) is 0 Å². The molecule has 0 saturated carbocycles. The van der Waals surface area contributed by atoms with Gasteiger partial charge in [0.2, 0.25) is 0 Å². The number of epoxide rings is 1. The molecule has 62 valence electrons. The van der Waals surface area contributed by atoms with Crippen molar-refractivity contribution in [2.75, 3.05) is 13.2 Å². The summed E-state index contributed by atoms with van der Waals surface area (Å²) in [5, 5.41) is 0. The van der Waals surface area contributed by atoms with Crippen molar-refractivity contribution in [3.8, 4) is 0 Å². The van der Waals surface area contributed by atoms with E-state index in [0.29, 0.717) is 6.61 Å². The van der Waals surface area contributed by atoms with Gasteiger partial charge < -0.3 is 4.74 Å². The predicted octanol–water partition coefficient (Wildman–Crippen LogP) is -0.159. The third-order valence-electron chi connectivity index (χ3n) is 0.805. The van der Waals surface area contributed by atoms with Crippen LogP contribution in [-0.2, 0) is 19.3 Å². The monoisotopic (exact) mass is 170 g/mol. The average molecular weight is 170 g/mol. The molecule has 0 aromatic carbocycles. The second-order valence-corrected chi connectivity index (χ2v) is 2.76. The molecule has 1 aliphatic heterocycles. The zero-order chi connectivity index (χ0) is 6.91. The minimum absolute atomic E-state index is 0. The highest BCUT2D eigenvalue weighted by Gasteiger charge is 2.24. The Kier molecular flexibility index (Phi) is 3.23. The van der Waals surface area contributed by atoms with Gasteiger partial charge in [0.15, 0.2) is 0 Å². The van der Waals surface area contributed by atoms with E-state index in [-0.39, 0.29) is 20.1 Å². The number of rotatable bonds is 3. The van der Waals surface area contributed by atoms with Gasteiger partial charge in [0.05, 0.1) is 13.2 Å². The lowest BCUT2D eigenvalue weighted by atomic mass is 10.5. The maximum atomic E-state index is 9.84. The molecule has 0 amide bonds. The van der Waals surface area contributed by atoms with Crippen molar-refractivity contribution < 1.29 is 21.9 Å². The van der Waals surface area contributed by atoms with Gasteiger partial charge in [-0.25, -0.2) is 4.18 Å². The smallest absolute Gasteiger partial charge is 0.371 e. The second-order valence-electron chi connectivity index (χ2n) is 1.67. The number of hydrogen-bond donors (Lipinski definition) is 1. The molecule has 0 aromatic heterocycles. The summed E-state index contributed by atoms with van der Waals surface area (Å²) >= 11 is 0. The first-order valence-corrected chi connectivity index (χ1v) is 3.68. The molecule has 0 bridgehead atoms. The topological polar surface area (TPSA) is 76.1 Å². The molecule has 1 atom stereocenters. The largest absolute Gasteiger partial charge is 0.397 e. The average Bonchev–Trinajstić information content (AvgIpc) is 2.38. The molecular formula is C4H10O5S. The van der Waals surface area contributed by atoms with Crippen LogP contribution in [0.3, 0.4) is 0 Å². The fourth-order valence-corrected chi connectivity index (χ4v) is 0.650. The maximum absolute atomic E-state index is 9.84. The molecule has 1 heterocycles. The van der Waals surface area contributed by atoms with E-state index in [1.165, 1.54) is 0 Å². The fraction of sp³-hybridized carbons (Fsp3) is 1.00. The van der Waals surface area contributed by atoms with Crippen LogP contribution >= 0.6 is 0 Å². The van der Waals surface area contributed by atoms with E-state index in [9.17, 15) is 8.42 Å². The van der Waals surface area contributed by atoms with Crippen LogP contribution in [0.2, 0.25) is 0 Å². The van der Waals surface area contributed by atoms with Crippen molar-refractivity contribution in [2.24, 2.45) is 0 Å². The highest BCUT2D eigenvalue weighted by atomic mass is 32.3. The molecule has 10 heavy (non-hydrogen) atoms. The number of ether oxygens (including phenoxy) is 1. The van der Waals surface area contributed by atoms with Gasteiger partial charge in [0, 0.05) is 0 Å². The Labute approximate surface area is 59.9 Å². The Hall–Kier alpha value is -0.170. The van der Waals surface area contributed by atoms with Crippen LogP contribution in [-0.4, -0.2) is 32.3 Å². The lowest BCUT2D eigenvalue weighted by molar-refractivity contribution is 0.236. The van der Waals surface area contributed by atoms with E-state index in [4.69, 9.17) is 4.55 Å². The van der Waals surface area contributed by atoms with Crippen LogP contribution in [0, 0.1) is 0 Å². The van der Waals surface area contributed by atoms with Gasteiger partial charge in [-0.2, -0.15) is 8.42 Å². The lowest BCUT2D eigenvalue weighted by Gasteiger charge is -1.92. The summed E-state index contributed by atoms with van der Waals surface area (Å²) in [5.41, 5.74) is 0. The molecule has 0 spiro atoms. The summed E-state index contributed by atoms with van der Waals surface area (Å²) in [6, 6.07) is 0. The van der Waals surface area contributed by atoms with E-state index < -0.39 is 10.4 Å². The Bertz CT molecular complexity index is 180. The lowest BCUT2D eigenvalue weighted by Crippen LogP contribution is -2.08. The van der Waals surface area contributed by atoms with Gasteiger partial charge >= 0.3 is 10.4 Å². The van der Waals surface area contributed by atoms with Crippen molar-refractivity contribution in [2.45, 2.75) is 13.5 Å². The molecule has 0 aromatic rings. The highest BCUT2D eigenvalue weighted by molar-refractivity contribution is 7.80. The zero-order valence-corrected chi connectivity index (χ0v) is 5.30. The first-order valence-electron chi connectivity index (χ1n) is 2.31. The predicted molar refractivity (Wildman–Crippen MR) is 34.0 cm³/mol. The minimum Gasteiger partial charge on any atom is -0.371 e. The van der Waals surface area contributed by atoms with Gasteiger partial charge in [-0.3, -0.25) is 4.55 Å². The van der Waals surface area contributed by atoms with Crippen LogP contribution in [0.1, 0.15) is 7.43 Å². The highest BCUT2D eigenvalue weighted by Crippen LogP contribution is 2.09. The normalized spacial score (nSPS) is 23.5. The van der Waals surface area contributed by atoms with E-state index in [1.54, 1.807) is 0 Å². The summed E-state index contributed by atoms with van der Waals surface area (Å²) in [5.74, 6) is 0. The maximum Gasteiger partial charge on any atom is 0.397 e. The molecule has 1 rings (SSSR count). The molecule has 1 N–H and O–H groups in total. The van der Waals surface area contributed by atoms with Crippen LogP contribution in [0.5, 0.6) is 0 Å². The first-order chi connectivity index (χ1) is 4.08. The Morgan fingerprint density at radius 2 is 2.20 bits per heavy atom. The molecule has 0 radical (unpaired) electrons. The van der Waals surface area contributed by atoms with E-state index >= 15 is 0 Å². The molecular weight excluding hydrogens is 160 g/mol. The molecule has 5 nitrogen and oxygen atoms in total. The molecule has 1 aliphatic rings. The van der Waals surface area contributed by atoms with Gasteiger partial charge in [-0.1, -0.05) is 7.43 Å². The van der Waals surface area contributed by atoms with Crippen LogP contribution < -0.4 is 0 Å². The summed E-state index contributed by atoms with van der Waals surface area (Å²) in [4.78, 5) is 0. The third-order valence-corrected chi connectivity index (χ3v) is 1.24. The van der Waals surface area contributed by atoms with Crippen molar-refractivity contribution in [3.05, 3.63) is 0 Å². The summed E-state index contributed by atoms with van der Waals surface area (Å²) in [6.07, 6.45) is -0.146. The van der Waals surface area contributed by atoms with Crippen LogP contribution in [0.15, 0.2) is 0 Å². The molecule has 0 aliphatic carbocycles. The van der Waals surface area contributed by atoms with Crippen LogP contribution in [0.25, 0.3) is 0 Å². The molecule has 1 unspecified atom stereocenters. The quantitative estimate of drug-likeness (QED) is 0.470. The van der Waals surface area contributed by atoms with Gasteiger partial charge in [0.25, 0.3) is 0 Å². The minimum atomic E-state index is -4.26. The Balaban J connectivity index is 0.000000810. The summed E-state index contributed by atoms with van der Waals surface area (Å²) in [7, 11) is -4.26. The zero-order valence-electron chi connectivity index (χ0n) is 4.48. The standard InChI is InChI=1S/C3H6O5S.CH4/c4-9(5,6)8-2-3-1-7-3;/h3H,1-2H2,(H,4,5,6);1H4. The van der Waals surface area contributed by atoms with Gasteiger partial charge in [-0.05, 0) is 0 Å². The molecule has 1 fully saturated rings. The number of hydrogen-bond acceptors (Lipinski definition) is 4. The Morgan fingerprint density at radius 3 is 2.50 bits per heavy atom. The van der Waals surface area contributed by atoms with E-state index in [1.807, 2.05) is 0 Å². The van der Waals surface area contributed by atoms with Gasteiger partial charge in [0.1, 0.15) is 6.10 Å². The van der Waals surface area contributed by atoms with E-state index in [2.05, 4.69) is 8.92 Å². The third kappa shape index (κ3) is 4.68. The molecule has 6 heteroatoms. The van der Waals surface area contributed by atoms with Crippen LogP contribution in [0.4, 0.5) is 0 Å². The summed E-state index contributed by atoms with van der Waals surface area (Å²) in [6.45, 7) is 0.425. The van der Waals surface area contributed by atoms with Crippen molar-refractivity contribution >= 4 is 10.4 Å². The molecule has 1 saturated heterocycles. The second kappa shape index (κ2) is 3.29. The van der Waals surface area contributed by atoms with Crippen molar-refractivity contribution in [1.29, 1.82) is 0 Å². The first kappa shape index (κ1) is 9.83. The summed E-state index contributed by atoms with van der Waals surface area (Å²) < 4.78 is 36.2. The Morgan fingerprint density at radius 1 is 1.70 bits per heavy atom. The van der Waals surface area contributed by atoms with Gasteiger partial charge in [-0.15, -0.1) is 0 Å². The van der Waals surface area contributed by atoms with E-state index in [0.717, 1.165) is 0 Å². The fourth-order valence-electron chi connectivity index (χ4n) is 0.326.